The van der Waals surface area contributed by atoms with Crippen LogP contribution in [0.2, 0.25) is 0 Å². The molecule has 1 heterocycles. The fourth-order valence-corrected chi connectivity index (χ4v) is 8.14. The van der Waals surface area contributed by atoms with E-state index in [1.165, 1.54) is 43.8 Å². The average molecular weight is 742 g/mol. The van der Waals surface area contributed by atoms with E-state index in [2.05, 4.69) is 233 Å². The zero-order valence-corrected chi connectivity index (χ0v) is 31.9. The van der Waals surface area contributed by atoms with Gasteiger partial charge in [-0.25, -0.2) is 0 Å². The molecule has 9 aromatic carbocycles. The van der Waals surface area contributed by atoms with Crippen molar-refractivity contribution < 1.29 is 0 Å². The van der Waals surface area contributed by atoms with E-state index in [9.17, 15) is 0 Å². The maximum atomic E-state index is 4.40. The summed E-state index contributed by atoms with van der Waals surface area (Å²) in [5, 5.41) is 4.87. The molecule has 0 atom stereocenters. The second-order valence-electron chi connectivity index (χ2n) is 14.5. The van der Waals surface area contributed by atoms with Crippen molar-refractivity contribution in [3.05, 3.63) is 237 Å². The molecular formula is C55H39N3. The number of aromatic nitrogens is 1. The van der Waals surface area contributed by atoms with Crippen molar-refractivity contribution in [3.63, 3.8) is 0 Å². The van der Waals surface area contributed by atoms with Crippen molar-refractivity contribution in [3.8, 4) is 33.4 Å². The van der Waals surface area contributed by atoms with Gasteiger partial charge < -0.3 is 9.80 Å². The predicted octanol–water partition coefficient (Wildman–Crippen LogP) is 15.3. The Morgan fingerprint density at radius 1 is 0.276 bits per heavy atom. The molecule has 1 aromatic heterocycles. The molecule has 0 saturated carbocycles. The molecule has 3 nitrogen and oxygen atoms in total. The van der Waals surface area contributed by atoms with Crippen LogP contribution in [0, 0.1) is 0 Å². The first-order chi connectivity index (χ1) is 28.8. The zero-order valence-electron chi connectivity index (χ0n) is 31.9. The van der Waals surface area contributed by atoms with Gasteiger partial charge in [0.15, 0.2) is 0 Å². The number of para-hydroxylation sites is 1. The molecule has 0 spiro atoms. The lowest BCUT2D eigenvalue weighted by Crippen LogP contribution is -2.13. The Balaban J connectivity index is 1.17. The zero-order chi connectivity index (χ0) is 38.7. The van der Waals surface area contributed by atoms with Gasteiger partial charge in [0.1, 0.15) is 0 Å². The van der Waals surface area contributed by atoms with Crippen LogP contribution in [0.25, 0.3) is 54.9 Å². The van der Waals surface area contributed by atoms with Crippen LogP contribution in [0.15, 0.2) is 237 Å². The Bertz CT molecular complexity index is 2990. The van der Waals surface area contributed by atoms with Crippen LogP contribution >= 0.6 is 0 Å². The number of benzene rings is 9. The van der Waals surface area contributed by atoms with Gasteiger partial charge in [-0.1, -0.05) is 152 Å². The standard InChI is InChI=1S/C55H39N3/c1-3-15-40(16-4-1)41-30-32-47(33-31-41)58(51-36-44-18-8-10-28-53(44)55(38-51)54-29-12-19-42-17-7-9-27-52(42)54)50-26-13-25-49(37-50)57(46-22-5-2-6-23-46)48-24-11-20-43(35-48)45-21-14-34-56-39-45/h1-39H. The Labute approximate surface area is 339 Å². The van der Waals surface area contributed by atoms with Crippen LogP contribution in [-0.4, -0.2) is 4.98 Å². The summed E-state index contributed by atoms with van der Waals surface area (Å²) in [6, 6.07) is 80.6. The van der Waals surface area contributed by atoms with Crippen molar-refractivity contribution in [1.29, 1.82) is 0 Å². The smallest absolute Gasteiger partial charge is 0.0482 e. The van der Waals surface area contributed by atoms with Gasteiger partial charge in [0.25, 0.3) is 0 Å². The summed E-state index contributed by atoms with van der Waals surface area (Å²) >= 11 is 0. The number of pyridine rings is 1. The van der Waals surface area contributed by atoms with E-state index in [0.29, 0.717) is 0 Å². The van der Waals surface area contributed by atoms with Gasteiger partial charge in [-0.05, 0) is 122 Å². The maximum Gasteiger partial charge on any atom is 0.0482 e. The van der Waals surface area contributed by atoms with Crippen molar-refractivity contribution in [1.82, 2.24) is 4.98 Å². The molecule has 0 amide bonds. The van der Waals surface area contributed by atoms with Crippen molar-refractivity contribution in [2.45, 2.75) is 0 Å². The molecule has 0 N–H and O–H groups in total. The lowest BCUT2D eigenvalue weighted by molar-refractivity contribution is 1.25. The van der Waals surface area contributed by atoms with Crippen molar-refractivity contribution in [2.24, 2.45) is 0 Å². The summed E-state index contributed by atoms with van der Waals surface area (Å²) in [6.45, 7) is 0. The minimum atomic E-state index is 1.05. The summed E-state index contributed by atoms with van der Waals surface area (Å²) < 4.78 is 0. The molecule has 0 unspecified atom stereocenters. The Morgan fingerprint density at radius 3 is 1.53 bits per heavy atom. The first kappa shape index (κ1) is 34.7. The van der Waals surface area contributed by atoms with Gasteiger partial charge in [-0.15, -0.1) is 0 Å². The van der Waals surface area contributed by atoms with E-state index in [4.69, 9.17) is 0 Å². The molecule has 0 saturated heterocycles. The highest BCUT2D eigenvalue weighted by Crippen LogP contribution is 2.44. The molecule has 10 aromatic rings. The van der Waals surface area contributed by atoms with Gasteiger partial charge in [0, 0.05) is 52.1 Å². The molecule has 3 heteroatoms. The fourth-order valence-electron chi connectivity index (χ4n) is 8.14. The molecule has 0 radical (unpaired) electrons. The highest BCUT2D eigenvalue weighted by Gasteiger charge is 2.20. The van der Waals surface area contributed by atoms with E-state index in [0.717, 1.165) is 45.3 Å². The second-order valence-corrected chi connectivity index (χ2v) is 14.5. The summed E-state index contributed by atoms with van der Waals surface area (Å²) in [5.41, 5.74) is 13.4. The van der Waals surface area contributed by atoms with Gasteiger partial charge >= 0.3 is 0 Å². The number of hydrogen-bond acceptors (Lipinski definition) is 3. The number of fused-ring (bicyclic) bond motifs is 2. The number of hydrogen-bond donors (Lipinski definition) is 0. The third-order valence-electron chi connectivity index (χ3n) is 10.9. The second kappa shape index (κ2) is 15.4. The van der Waals surface area contributed by atoms with Gasteiger partial charge in [0.2, 0.25) is 0 Å². The van der Waals surface area contributed by atoms with Crippen LogP contribution in [-0.2, 0) is 0 Å². The van der Waals surface area contributed by atoms with E-state index < -0.39 is 0 Å². The summed E-state index contributed by atoms with van der Waals surface area (Å²) in [7, 11) is 0. The molecule has 0 aliphatic rings. The number of anilines is 6. The van der Waals surface area contributed by atoms with Crippen LogP contribution in [0.5, 0.6) is 0 Å². The van der Waals surface area contributed by atoms with Crippen LogP contribution in [0.4, 0.5) is 34.1 Å². The molecule has 10 rings (SSSR count). The highest BCUT2D eigenvalue weighted by atomic mass is 15.2. The lowest BCUT2D eigenvalue weighted by Gasteiger charge is -2.30. The normalized spacial score (nSPS) is 11.1. The summed E-state index contributed by atoms with van der Waals surface area (Å²) in [5.74, 6) is 0. The number of nitrogens with zero attached hydrogens (tertiary/aromatic N) is 3. The topological polar surface area (TPSA) is 19.4 Å². The predicted molar refractivity (Wildman–Crippen MR) is 245 cm³/mol. The van der Waals surface area contributed by atoms with E-state index in [1.54, 1.807) is 0 Å². The van der Waals surface area contributed by atoms with E-state index in [-0.39, 0.29) is 0 Å². The van der Waals surface area contributed by atoms with Crippen molar-refractivity contribution >= 4 is 55.7 Å². The van der Waals surface area contributed by atoms with E-state index in [1.807, 2.05) is 18.5 Å². The third kappa shape index (κ3) is 6.76. The molecule has 0 aliphatic heterocycles. The van der Waals surface area contributed by atoms with Gasteiger partial charge in [-0.2, -0.15) is 0 Å². The molecule has 0 aliphatic carbocycles. The highest BCUT2D eigenvalue weighted by molar-refractivity contribution is 6.07. The minimum absolute atomic E-state index is 1.05. The third-order valence-corrected chi connectivity index (χ3v) is 10.9. The molecule has 274 valence electrons. The van der Waals surface area contributed by atoms with E-state index >= 15 is 0 Å². The Kier molecular flexibility index (Phi) is 9.23. The largest absolute Gasteiger partial charge is 0.310 e. The Hall–Kier alpha value is -7.75. The number of rotatable bonds is 9. The summed E-state index contributed by atoms with van der Waals surface area (Å²) in [6.07, 6.45) is 3.74. The van der Waals surface area contributed by atoms with Crippen molar-refractivity contribution in [2.75, 3.05) is 9.80 Å². The Morgan fingerprint density at radius 2 is 0.793 bits per heavy atom. The summed E-state index contributed by atoms with van der Waals surface area (Å²) in [4.78, 5) is 9.14. The average Bonchev–Trinajstić information content (AvgIpc) is 3.30. The molecule has 58 heavy (non-hydrogen) atoms. The maximum absolute atomic E-state index is 4.40. The molecular weight excluding hydrogens is 703 g/mol. The van der Waals surface area contributed by atoms with Gasteiger partial charge in [0.05, 0.1) is 0 Å². The van der Waals surface area contributed by atoms with Crippen LogP contribution in [0.3, 0.4) is 0 Å². The SMILES string of the molecule is c1ccc(-c2ccc(N(c3cccc(N(c4ccccc4)c4cccc(-c5cccnc5)c4)c3)c3cc(-c4cccc5ccccc45)c4ccccc4c3)cc2)cc1. The molecule has 0 fully saturated rings. The lowest BCUT2D eigenvalue weighted by atomic mass is 9.93. The molecule has 0 bridgehead atoms. The monoisotopic (exact) mass is 741 g/mol. The van der Waals surface area contributed by atoms with Crippen LogP contribution < -0.4 is 9.80 Å². The van der Waals surface area contributed by atoms with Crippen LogP contribution in [0.1, 0.15) is 0 Å². The quantitative estimate of drug-likeness (QED) is 0.147. The van der Waals surface area contributed by atoms with Gasteiger partial charge in [-0.3, -0.25) is 4.98 Å². The first-order valence-corrected chi connectivity index (χ1v) is 19.7. The fraction of sp³-hybridized carbons (Fsp3) is 0. The first-order valence-electron chi connectivity index (χ1n) is 19.7. The minimum Gasteiger partial charge on any atom is -0.310 e.